The van der Waals surface area contributed by atoms with Crippen LogP contribution < -0.4 is 50.1 Å². The van der Waals surface area contributed by atoms with E-state index in [0.29, 0.717) is 72.5 Å². The first-order chi connectivity index (χ1) is 55.1. The molecule has 9 N–H and O–H groups in total. The molecular formula is C86H92N12O14S2. The highest BCUT2D eigenvalue weighted by Crippen LogP contribution is 2.66. The number of likely N-dealkylation sites (N-methyl/N-ethyl adjacent to an activating group) is 2. The highest BCUT2D eigenvalue weighted by Gasteiger charge is 2.65. The van der Waals surface area contributed by atoms with Crippen LogP contribution in [0.25, 0.3) is 21.8 Å². The van der Waals surface area contributed by atoms with Gasteiger partial charge in [-0.05, 0) is 160 Å². The number of carbonyl (C=O) groups excluding carboxylic acids is 3. The molecule has 6 aromatic carbocycles. The number of phenolic OH excluding ortho intramolecular Hbond substituents is 2. The number of phenols is 2. The van der Waals surface area contributed by atoms with Crippen molar-refractivity contribution < 1.29 is 67.2 Å². The summed E-state index contributed by atoms with van der Waals surface area (Å²) >= 11 is 3.33. The van der Waals surface area contributed by atoms with Crippen LogP contribution in [0.2, 0.25) is 0 Å². The van der Waals surface area contributed by atoms with Gasteiger partial charge >= 0.3 is 18.0 Å². The Morgan fingerprint density at radius 2 is 1.07 bits per heavy atom. The summed E-state index contributed by atoms with van der Waals surface area (Å²) in [6.07, 6.45) is 3.25. The number of methoxy groups -OCH3 is 2. The minimum absolute atomic E-state index is 0.0122. The Balaban J connectivity index is 0.000000154. The number of H-pyrrole nitrogens is 2. The predicted molar refractivity (Wildman–Crippen MR) is 427 cm³/mol. The van der Waals surface area contributed by atoms with Gasteiger partial charge in [0.2, 0.25) is 13.6 Å². The van der Waals surface area contributed by atoms with Crippen LogP contribution in [-0.2, 0) is 60.6 Å². The Labute approximate surface area is 668 Å². The number of nitrogens with one attached hydrogen (secondary N) is 5. The number of thioether (sulfide) groups is 2. The van der Waals surface area contributed by atoms with Gasteiger partial charge < -0.3 is 73.9 Å². The molecule has 22 rings (SSSR count). The van der Waals surface area contributed by atoms with Gasteiger partial charge in [-0.1, -0.05) is 61.2 Å². The lowest BCUT2D eigenvalue weighted by Gasteiger charge is -2.62. The van der Waals surface area contributed by atoms with E-state index in [0.717, 1.165) is 122 Å². The number of hydrogen-bond donors (Lipinski definition) is 8. The maximum absolute atomic E-state index is 15.3. The molecule has 16 atom stereocenters. The number of nitrogens with two attached hydrogens (primary N) is 1. The summed E-state index contributed by atoms with van der Waals surface area (Å²) in [5, 5.41) is 58.4. The van der Waals surface area contributed by atoms with Gasteiger partial charge in [-0.2, -0.15) is 10.5 Å². The Bertz CT molecular complexity index is 5520. The summed E-state index contributed by atoms with van der Waals surface area (Å²) in [6, 6.07) is 21.2. The number of ether oxygens (including phenoxy) is 9. The highest BCUT2D eigenvalue weighted by molar-refractivity contribution is 7.99. The van der Waals surface area contributed by atoms with E-state index in [2.05, 4.69) is 123 Å². The fourth-order valence-electron chi connectivity index (χ4n) is 22.1. The third-order valence-corrected chi connectivity index (χ3v) is 30.1. The molecule has 0 aliphatic carbocycles. The molecular weight excluding hydrogens is 1490 g/mol. The minimum atomic E-state index is -1.37. The summed E-state index contributed by atoms with van der Waals surface area (Å²) in [6.45, 7) is 16.6. The molecule has 8 bridgehead atoms. The molecule has 2 spiro atoms. The maximum atomic E-state index is 15.3. The molecule has 0 radical (unpaired) electrons. The molecule has 114 heavy (non-hydrogen) atoms. The number of nitriles is 2. The number of aryl methyl sites for hydroxylation is 2. The van der Waals surface area contributed by atoms with E-state index in [4.69, 9.17) is 48.4 Å². The highest BCUT2D eigenvalue weighted by atomic mass is 32.2. The van der Waals surface area contributed by atoms with E-state index in [9.17, 15) is 30.3 Å². The van der Waals surface area contributed by atoms with Gasteiger partial charge in [0.1, 0.15) is 31.9 Å². The van der Waals surface area contributed by atoms with Crippen LogP contribution in [0.5, 0.6) is 46.0 Å². The smallest absolute Gasteiger partial charge is 0.407 e. The Morgan fingerprint density at radius 1 is 0.632 bits per heavy atom. The number of fused-ring (bicyclic) bond motifs is 22. The fourth-order valence-corrected chi connectivity index (χ4v) is 25.5. The standard InChI is InChI=1S/C45H48N6O8S.C41H44N6O6S/c1-7-12-56-44(54)47-17-25-15-27-26-10-8-9-11-28(26)48-42(27)45(49-25)19-60-41-32-22(3)23(4)39-40(59-20-58-39)34(32)31(18-57-43(45)53)51-30(16-46)29-14-24-13-21(2)38(55-6)37(52)33(24)35(36(41)51)50(29)5;1-18-10-21-11-26-27(14-43)47-28-15-51-40(49)41(39-24(12-22(13-42)45-41)23-8-6-7-9-25(23)44-39)16-54-38(29-19(2)20(3)36-37(31(28)29)53-17-52-36)33(47)32(46(26)4)30(21)34(48)35(18)50-5/h7-11,13,25,29-31,35-36,41,48-49,52H,1,12,14-15,17-20H2,2-6H3,(H,47,54);6-10,22,26-28,32-33,38,44-45,48H,11-13,15-17,42H2,1-5H3/t25-,29-,30-,31-,35+,36+,41+,45+;22-,26-,27-,28-,32+,33+,38+,41+/m00/s1. The van der Waals surface area contributed by atoms with Crippen LogP contribution in [-0.4, -0.2) is 192 Å². The average Bonchev–Trinajstić information content (AvgIpc) is 0.806. The minimum Gasteiger partial charge on any atom is -0.504 e. The van der Waals surface area contributed by atoms with Gasteiger partial charge in [0.05, 0.1) is 61.9 Å². The second kappa shape index (κ2) is 27.7. The number of hydrogen-bond acceptors (Lipinski definition) is 25. The number of carbonyl (C=O) groups is 3. The van der Waals surface area contributed by atoms with E-state index in [1.165, 1.54) is 6.08 Å². The number of nitrogens with zero attached hydrogens (tertiary/aromatic N) is 6. The van der Waals surface area contributed by atoms with Crippen molar-refractivity contribution in [1.29, 1.82) is 10.5 Å². The fraction of sp³-hybridized carbons (Fsp3) is 0.453. The third-order valence-electron chi connectivity index (χ3n) is 27.2. The number of aromatic nitrogens is 2. The van der Waals surface area contributed by atoms with Crippen molar-refractivity contribution in [3.05, 3.63) is 174 Å². The summed E-state index contributed by atoms with van der Waals surface area (Å²) in [4.78, 5) is 59.3. The van der Waals surface area contributed by atoms with Gasteiger partial charge in [-0.25, -0.2) is 14.4 Å². The van der Waals surface area contributed by atoms with Crippen LogP contribution in [0.1, 0.15) is 135 Å². The van der Waals surface area contributed by atoms with Crippen LogP contribution in [0.15, 0.2) is 73.3 Å². The van der Waals surface area contributed by atoms with Gasteiger partial charge in [0.15, 0.2) is 57.1 Å². The first kappa shape index (κ1) is 74.3. The molecule has 1 amide bonds. The van der Waals surface area contributed by atoms with Crippen molar-refractivity contribution in [1.82, 2.24) is 45.5 Å². The number of aromatic hydroxyl groups is 2. The first-order valence-electron chi connectivity index (χ1n) is 39.1. The van der Waals surface area contributed by atoms with Crippen molar-refractivity contribution in [3.8, 4) is 58.1 Å². The summed E-state index contributed by atoms with van der Waals surface area (Å²) in [5.41, 5.74) is 22.6. The molecule has 26 nitrogen and oxygen atoms in total. The topological polar surface area (TPSA) is 329 Å². The number of amides is 1. The second-order valence-corrected chi connectivity index (χ2v) is 34.8. The first-order valence-corrected chi connectivity index (χ1v) is 41.2. The van der Waals surface area contributed by atoms with Crippen molar-refractivity contribution in [3.63, 3.8) is 0 Å². The Hall–Kier alpha value is -9.85. The molecule has 4 saturated heterocycles. The van der Waals surface area contributed by atoms with Crippen molar-refractivity contribution in [2.45, 2.75) is 161 Å². The van der Waals surface area contributed by atoms with E-state index in [-0.39, 0.29) is 122 Å². The number of esters is 2. The summed E-state index contributed by atoms with van der Waals surface area (Å²) < 4.78 is 54.9. The van der Waals surface area contributed by atoms with Crippen LogP contribution in [0, 0.1) is 64.2 Å². The van der Waals surface area contributed by atoms with Crippen LogP contribution in [0.3, 0.4) is 0 Å². The molecule has 14 aliphatic rings. The average molecular weight is 1580 g/mol. The van der Waals surface area contributed by atoms with Gasteiger partial charge in [-0.3, -0.25) is 30.2 Å². The normalized spacial score (nSPS) is 29.8. The molecule has 592 valence electrons. The molecule has 2 aromatic heterocycles. The molecule has 0 saturated carbocycles. The lowest BCUT2D eigenvalue weighted by molar-refractivity contribution is -0.158. The van der Waals surface area contributed by atoms with Crippen LogP contribution >= 0.6 is 23.5 Å². The summed E-state index contributed by atoms with van der Waals surface area (Å²) in [7, 11) is 7.30. The molecule has 28 heteroatoms. The SMILES string of the molecule is C=CCOC(=O)NC[C@@H]1Cc2c([nH]c3ccccc23)[C@@]2(CS[C@@H]3c4c(C)c(C)c5c(c4[C@H](COC2=O)N2[C@@H]3[C@H]3c4c(cc(C)c(OC)c4O)C[C@@H]([C@@H]2C#N)N3C)OCO5)N1.COc1c(C)cc2c(c1O)[C@@H]1[C@@H]3[C@@H]4SC[C@]5(N[C@H](CN)Cc6c5[nH]c5ccccc65)C(=O)OC[C@@H](c5c6c(c(C)c(C)c54)OCO6)N3[C@@H](C#N)[C@H](C2)N1C. The van der Waals surface area contributed by atoms with E-state index in [1.807, 2.05) is 57.2 Å². The van der Waals surface area contributed by atoms with Crippen molar-refractivity contribution >= 4 is 63.4 Å². The van der Waals surface area contributed by atoms with E-state index in [1.54, 1.807) is 37.7 Å². The summed E-state index contributed by atoms with van der Waals surface area (Å²) in [5.74, 6) is 3.49. The van der Waals surface area contributed by atoms with Crippen molar-refractivity contribution in [2.75, 3.05) is 86.3 Å². The van der Waals surface area contributed by atoms with Gasteiger partial charge in [0, 0.05) is 115 Å². The zero-order valence-corrected chi connectivity index (χ0v) is 66.8. The maximum Gasteiger partial charge on any atom is 0.407 e. The monoisotopic (exact) mass is 1580 g/mol. The number of piperazine rings is 2. The number of para-hydroxylation sites is 2. The van der Waals surface area contributed by atoms with Crippen LogP contribution in [0.4, 0.5) is 4.79 Å². The lowest BCUT2D eigenvalue weighted by Crippen LogP contribution is -2.70. The molecule has 4 fully saturated rings. The molecule has 0 unspecified atom stereocenters. The predicted octanol–water partition coefficient (Wildman–Crippen LogP) is 9.88. The molecule has 8 aromatic rings. The zero-order chi connectivity index (χ0) is 79.1. The molecule has 14 aliphatic heterocycles. The number of benzene rings is 6. The van der Waals surface area contributed by atoms with Crippen molar-refractivity contribution in [2.24, 2.45) is 5.73 Å². The van der Waals surface area contributed by atoms with E-state index >= 15 is 4.79 Å². The van der Waals surface area contributed by atoms with Gasteiger partial charge in [-0.15, -0.1) is 23.5 Å². The number of alkyl carbamates (subject to hydrolysis) is 1. The number of aromatic amines is 2. The zero-order valence-electron chi connectivity index (χ0n) is 65.2. The third kappa shape index (κ3) is 10.5. The molecule has 16 heterocycles. The van der Waals surface area contributed by atoms with E-state index < -0.39 is 47.3 Å². The Morgan fingerprint density at radius 3 is 1.51 bits per heavy atom. The Kier molecular flexibility index (Phi) is 18.0. The quantitative estimate of drug-likeness (QED) is 0.0418. The number of rotatable bonds is 7. The lowest BCUT2D eigenvalue weighted by atomic mass is 9.71. The largest absolute Gasteiger partial charge is 0.504 e. The second-order valence-electron chi connectivity index (χ2n) is 32.5. The van der Waals surface area contributed by atoms with Gasteiger partial charge in [0.25, 0.3) is 0 Å².